The van der Waals surface area contributed by atoms with Crippen LogP contribution in [0.2, 0.25) is 0 Å². The Morgan fingerprint density at radius 2 is 2.08 bits per heavy atom. The Morgan fingerprint density at radius 3 is 2.77 bits per heavy atom. The number of phenolic OH excluding ortho intramolecular Hbond substituents is 1. The molecule has 1 atom stereocenters. The molecule has 4 heteroatoms. The van der Waals surface area contributed by atoms with Crippen molar-refractivity contribution >= 4 is 12.0 Å². The number of hydrogen-bond acceptors (Lipinski definition) is 4. The molecule has 0 saturated carbocycles. The van der Waals surface area contributed by atoms with Crippen LogP contribution in [0.4, 0.5) is 0 Å². The molecule has 3 rings (SSSR count). The predicted octanol–water partition coefficient (Wildman–Crippen LogP) is 4.98. The summed E-state index contributed by atoms with van der Waals surface area (Å²) in [5.74, 6) is 1.39. The van der Waals surface area contributed by atoms with Crippen molar-refractivity contribution in [3.63, 3.8) is 0 Å². The Hall–Kier alpha value is -2.75. The molecule has 0 amide bonds. The molecule has 1 aromatic carbocycles. The van der Waals surface area contributed by atoms with Crippen molar-refractivity contribution in [3.8, 4) is 11.5 Å². The second kappa shape index (κ2) is 6.87. The number of phenols is 1. The van der Waals surface area contributed by atoms with Gasteiger partial charge in [-0.1, -0.05) is 17.7 Å². The normalized spacial score (nSPS) is 23.5. The Morgan fingerprint density at radius 1 is 1.31 bits per heavy atom. The maximum absolute atomic E-state index is 11.4. The molecule has 0 unspecified atom stereocenters. The van der Waals surface area contributed by atoms with E-state index in [1.807, 2.05) is 38.1 Å². The van der Waals surface area contributed by atoms with Crippen molar-refractivity contribution in [2.45, 2.75) is 46.1 Å². The van der Waals surface area contributed by atoms with Crippen LogP contribution < -0.4 is 4.74 Å². The van der Waals surface area contributed by atoms with E-state index in [1.165, 1.54) is 0 Å². The van der Waals surface area contributed by atoms with Gasteiger partial charge in [-0.05, 0) is 76.5 Å². The summed E-state index contributed by atoms with van der Waals surface area (Å²) in [6, 6.07) is 3.61. The number of esters is 1. The van der Waals surface area contributed by atoms with Gasteiger partial charge in [0.05, 0.1) is 0 Å². The van der Waals surface area contributed by atoms with Gasteiger partial charge in [0.2, 0.25) is 0 Å². The van der Waals surface area contributed by atoms with Gasteiger partial charge in [-0.2, -0.15) is 0 Å². The summed E-state index contributed by atoms with van der Waals surface area (Å²) < 4.78 is 11.3. The first-order valence-corrected chi connectivity index (χ1v) is 8.76. The highest BCUT2D eigenvalue weighted by Crippen LogP contribution is 2.37. The third-order valence-electron chi connectivity index (χ3n) is 4.66. The van der Waals surface area contributed by atoms with Crippen LogP contribution in [0.25, 0.3) is 6.08 Å². The lowest BCUT2D eigenvalue weighted by molar-refractivity contribution is -0.133. The molecule has 1 aromatic rings. The number of allylic oxidation sites excluding steroid dienone is 4. The van der Waals surface area contributed by atoms with Gasteiger partial charge in [-0.15, -0.1) is 0 Å². The van der Waals surface area contributed by atoms with Crippen molar-refractivity contribution in [1.29, 1.82) is 0 Å². The summed E-state index contributed by atoms with van der Waals surface area (Å²) in [6.07, 6.45) is 11.4. The summed E-state index contributed by atoms with van der Waals surface area (Å²) in [7, 11) is 0. The summed E-state index contributed by atoms with van der Waals surface area (Å²) in [5.41, 5.74) is 2.97. The standard InChI is InChI=1S/C22H24O4/c1-14(10-18-11-16(3)21(24)25-18)6-5-8-22(4)9-7-17-13-19(23)15(2)12-20(17)26-22/h6-7,9-13,23H,5,8H2,1-4H3/b14-6+,18-10-/t22-/m1/s1. The van der Waals surface area contributed by atoms with E-state index in [-0.39, 0.29) is 11.7 Å². The van der Waals surface area contributed by atoms with Crippen molar-refractivity contribution in [3.05, 3.63) is 64.5 Å². The van der Waals surface area contributed by atoms with E-state index in [0.717, 1.165) is 35.3 Å². The fourth-order valence-corrected chi connectivity index (χ4v) is 3.02. The van der Waals surface area contributed by atoms with Crippen molar-refractivity contribution < 1.29 is 19.4 Å². The summed E-state index contributed by atoms with van der Waals surface area (Å²) in [4.78, 5) is 11.4. The smallest absolute Gasteiger partial charge is 0.339 e. The minimum Gasteiger partial charge on any atom is -0.508 e. The number of carbonyl (C=O) groups excluding carboxylic acids is 1. The van der Waals surface area contributed by atoms with Gasteiger partial charge in [-0.3, -0.25) is 0 Å². The molecule has 2 aliphatic heterocycles. The molecule has 0 fully saturated rings. The van der Waals surface area contributed by atoms with Crippen LogP contribution in [-0.2, 0) is 9.53 Å². The quantitative estimate of drug-likeness (QED) is 0.777. The average molecular weight is 352 g/mol. The van der Waals surface area contributed by atoms with E-state index in [1.54, 1.807) is 19.1 Å². The third-order valence-corrected chi connectivity index (χ3v) is 4.66. The molecule has 4 nitrogen and oxygen atoms in total. The average Bonchev–Trinajstić information content (AvgIpc) is 2.86. The molecule has 26 heavy (non-hydrogen) atoms. The number of carbonyl (C=O) groups is 1. The Labute approximate surface area is 154 Å². The lowest BCUT2D eigenvalue weighted by Gasteiger charge is -2.31. The van der Waals surface area contributed by atoms with Gasteiger partial charge in [0.15, 0.2) is 0 Å². The topological polar surface area (TPSA) is 55.8 Å². The monoisotopic (exact) mass is 352 g/mol. The first kappa shape index (κ1) is 18.1. The minimum atomic E-state index is -0.392. The molecule has 0 saturated heterocycles. The predicted molar refractivity (Wildman–Crippen MR) is 102 cm³/mol. The summed E-state index contributed by atoms with van der Waals surface area (Å²) in [5, 5.41) is 9.82. The van der Waals surface area contributed by atoms with Crippen molar-refractivity contribution in [2.75, 3.05) is 0 Å². The molecule has 0 radical (unpaired) electrons. The van der Waals surface area contributed by atoms with Crippen LogP contribution in [0.15, 0.2) is 53.3 Å². The maximum Gasteiger partial charge on any atom is 0.339 e. The zero-order valence-corrected chi connectivity index (χ0v) is 15.6. The zero-order chi connectivity index (χ0) is 18.9. The van der Waals surface area contributed by atoms with E-state index in [2.05, 4.69) is 13.0 Å². The zero-order valence-electron chi connectivity index (χ0n) is 15.6. The molecule has 0 spiro atoms. The number of aryl methyl sites for hydroxylation is 1. The molecular formula is C22H24O4. The number of aromatic hydroxyl groups is 1. The fourth-order valence-electron chi connectivity index (χ4n) is 3.02. The van der Waals surface area contributed by atoms with Crippen molar-refractivity contribution in [2.24, 2.45) is 0 Å². The first-order valence-electron chi connectivity index (χ1n) is 8.76. The van der Waals surface area contributed by atoms with Gasteiger partial charge in [0.25, 0.3) is 0 Å². The van der Waals surface area contributed by atoms with Crippen molar-refractivity contribution in [1.82, 2.24) is 0 Å². The molecule has 0 aliphatic carbocycles. The van der Waals surface area contributed by atoms with Gasteiger partial charge in [0.1, 0.15) is 22.9 Å². The molecule has 1 N–H and O–H groups in total. The van der Waals surface area contributed by atoms with Gasteiger partial charge < -0.3 is 14.6 Å². The second-order valence-electron chi connectivity index (χ2n) is 7.17. The number of benzene rings is 1. The lowest BCUT2D eigenvalue weighted by Crippen LogP contribution is -2.31. The van der Waals surface area contributed by atoms with E-state index >= 15 is 0 Å². The SMILES string of the molecule is CC1=C/C(=C/C(C)=C/CC[C@]2(C)C=Cc3cc(O)c(C)cc3O2)OC1=O. The molecule has 136 valence electrons. The molecule has 2 heterocycles. The third kappa shape index (κ3) is 3.90. The maximum atomic E-state index is 11.4. The minimum absolute atomic E-state index is 0.280. The number of cyclic esters (lactones) is 1. The highest BCUT2D eigenvalue weighted by atomic mass is 16.5. The van der Waals surface area contributed by atoms with Crippen LogP contribution >= 0.6 is 0 Å². The molecule has 0 bridgehead atoms. The fraction of sp³-hybridized carbons (Fsp3) is 0.318. The number of rotatable bonds is 4. The molecule has 2 aliphatic rings. The number of hydrogen-bond donors (Lipinski definition) is 1. The highest BCUT2D eigenvalue weighted by Gasteiger charge is 2.27. The van der Waals surface area contributed by atoms with Crippen LogP contribution in [-0.4, -0.2) is 16.7 Å². The van der Waals surface area contributed by atoms with Crippen LogP contribution in [0.5, 0.6) is 11.5 Å². The van der Waals surface area contributed by atoms with Gasteiger partial charge in [0, 0.05) is 11.1 Å². The van der Waals surface area contributed by atoms with E-state index in [4.69, 9.17) is 9.47 Å². The lowest BCUT2D eigenvalue weighted by atomic mass is 9.94. The van der Waals surface area contributed by atoms with Crippen LogP contribution in [0.1, 0.15) is 44.7 Å². The second-order valence-corrected chi connectivity index (χ2v) is 7.17. The highest BCUT2D eigenvalue weighted by molar-refractivity contribution is 5.92. The Balaban J connectivity index is 1.64. The Kier molecular flexibility index (Phi) is 4.77. The summed E-state index contributed by atoms with van der Waals surface area (Å²) in [6.45, 7) is 7.65. The van der Waals surface area contributed by atoms with Crippen LogP contribution in [0, 0.1) is 6.92 Å². The van der Waals surface area contributed by atoms with E-state index in [0.29, 0.717) is 11.3 Å². The Bertz CT molecular complexity index is 870. The number of fused-ring (bicyclic) bond motifs is 1. The van der Waals surface area contributed by atoms with Gasteiger partial charge in [-0.25, -0.2) is 4.79 Å². The largest absolute Gasteiger partial charge is 0.508 e. The number of ether oxygens (including phenoxy) is 2. The van der Waals surface area contributed by atoms with Crippen LogP contribution in [0.3, 0.4) is 0 Å². The van der Waals surface area contributed by atoms with Gasteiger partial charge >= 0.3 is 5.97 Å². The van der Waals surface area contributed by atoms with E-state index < -0.39 is 5.60 Å². The van der Waals surface area contributed by atoms with E-state index in [9.17, 15) is 9.90 Å². The molecule has 0 aromatic heterocycles. The molecular weight excluding hydrogens is 328 g/mol. The summed E-state index contributed by atoms with van der Waals surface area (Å²) >= 11 is 0. The first-order chi connectivity index (χ1) is 12.3.